The molecule has 0 saturated heterocycles. The van der Waals surface area contributed by atoms with Gasteiger partial charge in [-0.1, -0.05) is 19.9 Å². The first-order chi connectivity index (χ1) is 14.0. The Kier molecular flexibility index (Phi) is 7.16. The van der Waals surface area contributed by atoms with E-state index in [4.69, 9.17) is 0 Å². The maximum Gasteiger partial charge on any atom is 0.270 e. The van der Waals surface area contributed by atoms with Crippen molar-refractivity contribution in [1.29, 1.82) is 0 Å². The number of amides is 1. The molecule has 0 aliphatic carbocycles. The normalized spacial score (nSPS) is 11.4. The number of aryl methyl sites for hydroxylation is 1. The summed E-state index contributed by atoms with van der Waals surface area (Å²) in [5.74, 6) is -0.572. The highest BCUT2D eigenvalue weighted by molar-refractivity contribution is 7.89. The fraction of sp³-hybridized carbons (Fsp3) is 0.350. The molecule has 2 rings (SSSR count). The maximum absolute atomic E-state index is 12.9. The van der Waals surface area contributed by atoms with Gasteiger partial charge >= 0.3 is 0 Å². The van der Waals surface area contributed by atoms with Crippen molar-refractivity contribution in [2.45, 2.75) is 25.7 Å². The number of nitro benzene ring substituents is 1. The van der Waals surface area contributed by atoms with Gasteiger partial charge in [0.1, 0.15) is 0 Å². The molecule has 162 valence electrons. The van der Waals surface area contributed by atoms with Crippen LogP contribution in [0.4, 0.5) is 17.1 Å². The Morgan fingerprint density at radius 2 is 1.73 bits per heavy atom. The minimum atomic E-state index is -3.71. The third kappa shape index (κ3) is 4.77. The highest BCUT2D eigenvalue weighted by Crippen LogP contribution is 2.27. The summed E-state index contributed by atoms with van der Waals surface area (Å²) >= 11 is 0. The molecule has 2 aromatic rings. The van der Waals surface area contributed by atoms with Crippen LogP contribution in [-0.4, -0.2) is 50.7 Å². The Hall–Kier alpha value is -2.98. The van der Waals surface area contributed by atoms with Gasteiger partial charge in [-0.3, -0.25) is 14.9 Å². The third-order valence-electron chi connectivity index (χ3n) is 4.69. The monoisotopic (exact) mass is 434 g/mol. The quantitative estimate of drug-likeness (QED) is 0.504. The topological polar surface area (TPSA) is 113 Å². The van der Waals surface area contributed by atoms with E-state index >= 15 is 0 Å². The van der Waals surface area contributed by atoms with Crippen LogP contribution in [0, 0.1) is 17.0 Å². The lowest BCUT2D eigenvalue weighted by Gasteiger charge is -2.20. The summed E-state index contributed by atoms with van der Waals surface area (Å²) in [6, 6.07) is 8.65. The van der Waals surface area contributed by atoms with E-state index in [9.17, 15) is 23.3 Å². The van der Waals surface area contributed by atoms with Crippen molar-refractivity contribution >= 4 is 33.0 Å². The predicted molar refractivity (Wildman–Crippen MR) is 117 cm³/mol. The first-order valence-electron chi connectivity index (χ1n) is 9.40. The van der Waals surface area contributed by atoms with Crippen molar-refractivity contribution in [3.8, 4) is 0 Å². The van der Waals surface area contributed by atoms with Gasteiger partial charge in [0.25, 0.3) is 11.6 Å². The standard InChI is InChI=1S/C20H26N4O5S/c1-6-23(7-2)30(28,29)19-12-15(9-8-14(19)3)21-20(25)17-13-16(24(26)27)10-11-18(17)22(4)5/h8-13H,6-7H2,1-5H3,(H,21,25). The lowest BCUT2D eigenvalue weighted by atomic mass is 10.1. The lowest BCUT2D eigenvalue weighted by molar-refractivity contribution is -0.384. The molecule has 0 atom stereocenters. The molecule has 30 heavy (non-hydrogen) atoms. The molecular formula is C20H26N4O5S. The second-order valence-corrected chi connectivity index (χ2v) is 8.78. The number of hydrogen-bond acceptors (Lipinski definition) is 6. The van der Waals surface area contributed by atoms with Crippen molar-refractivity contribution < 1.29 is 18.1 Å². The smallest absolute Gasteiger partial charge is 0.270 e. The van der Waals surface area contributed by atoms with Crippen molar-refractivity contribution in [2.75, 3.05) is 37.4 Å². The fourth-order valence-corrected chi connectivity index (χ4v) is 4.78. The molecule has 0 spiro atoms. The van der Waals surface area contributed by atoms with Gasteiger partial charge in [-0.05, 0) is 30.7 Å². The summed E-state index contributed by atoms with van der Waals surface area (Å²) < 4.78 is 27.2. The zero-order valence-electron chi connectivity index (χ0n) is 17.7. The highest BCUT2D eigenvalue weighted by Gasteiger charge is 2.24. The van der Waals surface area contributed by atoms with Gasteiger partial charge in [-0.15, -0.1) is 0 Å². The summed E-state index contributed by atoms with van der Waals surface area (Å²) in [4.78, 5) is 25.2. The molecule has 9 nitrogen and oxygen atoms in total. The Morgan fingerprint density at radius 1 is 1.10 bits per heavy atom. The molecule has 0 aromatic heterocycles. The average molecular weight is 435 g/mol. The molecule has 0 saturated carbocycles. The largest absolute Gasteiger partial charge is 0.377 e. The Labute approximate surface area is 176 Å². The zero-order chi connectivity index (χ0) is 22.6. The molecule has 0 heterocycles. The lowest BCUT2D eigenvalue weighted by Crippen LogP contribution is -2.31. The van der Waals surface area contributed by atoms with E-state index in [1.165, 1.54) is 28.6 Å². The molecule has 0 radical (unpaired) electrons. The number of nitrogens with zero attached hydrogens (tertiary/aromatic N) is 3. The molecule has 1 N–H and O–H groups in total. The number of carbonyl (C=O) groups excluding carboxylic acids is 1. The van der Waals surface area contributed by atoms with Crippen molar-refractivity contribution in [1.82, 2.24) is 4.31 Å². The predicted octanol–water partition coefficient (Wildman–Crippen LogP) is 3.25. The molecule has 0 fully saturated rings. The Balaban J connectivity index is 2.46. The van der Waals surface area contributed by atoms with E-state index in [1.54, 1.807) is 51.9 Å². The van der Waals surface area contributed by atoms with Crippen LogP contribution in [-0.2, 0) is 10.0 Å². The number of anilines is 2. The minimum absolute atomic E-state index is 0.107. The summed E-state index contributed by atoms with van der Waals surface area (Å²) in [6.07, 6.45) is 0. The van der Waals surface area contributed by atoms with Crippen LogP contribution in [0.25, 0.3) is 0 Å². The van der Waals surface area contributed by atoms with E-state index in [1.807, 2.05) is 0 Å². The molecule has 0 aliphatic rings. The van der Waals surface area contributed by atoms with Gasteiger partial charge < -0.3 is 10.2 Å². The van der Waals surface area contributed by atoms with Gasteiger partial charge in [0.15, 0.2) is 0 Å². The summed E-state index contributed by atoms with van der Waals surface area (Å²) in [5, 5.41) is 13.8. The fourth-order valence-electron chi connectivity index (χ4n) is 3.07. The van der Waals surface area contributed by atoms with Gasteiger partial charge in [-0.25, -0.2) is 8.42 Å². The van der Waals surface area contributed by atoms with E-state index < -0.39 is 20.9 Å². The van der Waals surface area contributed by atoms with Crippen LogP contribution in [0.1, 0.15) is 29.8 Å². The molecule has 0 bridgehead atoms. The van der Waals surface area contributed by atoms with Crippen molar-refractivity contribution in [3.05, 3.63) is 57.6 Å². The molecule has 1 amide bonds. The first kappa shape index (κ1) is 23.3. The Bertz CT molecular complexity index is 1060. The molecule has 10 heteroatoms. The van der Waals surface area contributed by atoms with Crippen LogP contribution in [0.15, 0.2) is 41.3 Å². The molecule has 0 unspecified atom stereocenters. The summed E-state index contributed by atoms with van der Waals surface area (Å²) in [5.41, 5.74) is 1.25. The number of rotatable bonds is 8. The third-order valence-corrected chi connectivity index (χ3v) is 6.88. The van der Waals surface area contributed by atoms with E-state index in [0.29, 0.717) is 24.3 Å². The number of nitro groups is 1. The van der Waals surface area contributed by atoms with Gasteiger partial charge in [0, 0.05) is 50.7 Å². The number of non-ortho nitro benzene ring substituents is 1. The molecule has 2 aromatic carbocycles. The van der Waals surface area contributed by atoms with Gasteiger partial charge in [-0.2, -0.15) is 4.31 Å². The van der Waals surface area contributed by atoms with Crippen LogP contribution in [0.3, 0.4) is 0 Å². The van der Waals surface area contributed by atoms with Gasteiger partial charge in [0.2, 0.25) is 10.0 Å². The molecular weight excluding hydrogens is 408 g/mol. The first-order valence-corrected chi connectivity index (χ1v) is 10.8. The van der Waals surface area contributed by atoms with Crippen LogP contribution in [0.5, 0.6) is 0 Å². The van der Waals surface area contributed by atoms with Crippen molar-refractivity contribution in [2.24, 2.45) is 0 Å². The number of nitrogens with one attached hydrogen (secondary N) is 1. The zero-order valence-corrected chi connectivity index (χ0v) is 18.5. The van der Waals surface area contributed by atoms with E-state index in [2.05, 4.69) is 5.32 Å². The van der Waals surface area contributed by atoms with Gasteiger partial charge in [0.05, 0.1) is 15.4 Å². The number of sulfonamides is 1. The summed E-state index contributed by atoms with van der Waals surface area (Å²) in [7, 11) is -0.268. The maximum atomic E-state index is 12.9. The number of benzene rings is 2. The minimum Gasteiger partial charge on any atom is -0.377 e. The second kappa shape index (κ2) is 9.23. The summed E-state index contributed by atoms with van der Waals surface area (Å²) in [6.45, 7) is 5.86. The number of carbonyl (C=O) groups is 1. The van der Waals surface area contributed by atoms with Crippen LogP contribution >= 0.6 is 0 Å². The number of hydrogen-bond donors (Lipinski definition) is 1. The highest BCUT2D eigenvalue weighted by atomic mass is 32.2. The van der Waals surface area contributed by atoms with Crippen molar-refractivity contribution in [3.63, 3.8) is 0 Å². The average Bonchev–Trinajstić information content (AvgIpc) is 2.69. The molecule has 0 aliphatic heterocycles. The van der Waals surface area contributed by atoms with Crippen LogP contribution in [0.2, 0.25) is 0 Å². The SMILES string of the molecule is CCN(CC)S(=O)(=O)c1cc(NC(=O)c2cc([N+](=O)[O-])ccc2N(C)C)ccc1C. The van der Waals surface area contributed by atoms with E-state index in [0.717, 1.165) is 0 Å². The van der Waals surface area contributed by atoms with Crippen LogP contribution < -0.4 is 10.2 Å². The second-order valence-electron chi connectivity index (χ2n) is 6.88. The Morgan fingerprint density at radius 3 is 2.27 bits per heavy atom. The van der Waals surface area contributed by atoms with E-state index in [-0.39, 0.29) is 21.8 Å².